The molecule has 0 aromatic heterocycles. The smallest absolute Gasteiger partial charge is 0.445 e. The monoisotopic (exact) mass is 1000 g/mol. The Morgan fingerprint density at radius 2 is 1.20 bits per heavy atom. The number of rotatable bonds is 12. The Hall–Kier alpha value is -4.75. The highest BCUT2D eigenvalue weighted by Gasteiger charge is 2.46. The fourth-order valence-corrected chi connectivity index (χ4v) is 9.75. The number of carbonyl (C=O) groups excluding carboxylic acids is 5. The van der Waals surface area contributed by atoms with Crippen molar-refractivity contribution in [3.05, 3.63) is 47.5 Å². The van der Waals surface area contributed by atoms with Crippen LogP contribution in [0.15, 0.2) is 42.0 Å². The standard InChI is InChI=1S/C29H40F3N3O5.C21H36F3N3O3/c1-27(2,3)40-26(38)35-18-21(17-28(35,4)5)11-12-23(33-24(36)29(30,31)32)22-13-15-34(16-14-22)25(37)39-19-20-9-7-6-8-10-20;1-19(2,3)30-18(29)27-13-14(12-20(27,4)5)6-7-16(15-8-10-25-11-9-15)26-17(28)21(22,23)24/h6-10,13,21,23H,11-12,14-19H2,1-5H3,(H,33,36);14-16,25H,6-13H2,1-5H3,(H,26,28)/t21-,23?;14-,16?/m00/s1. The van der Waals surface area contributed by atoms with Crippen molar-refractivity contribution in [2.45, 2.75) is 180 Å². The van der Waals surface area contributed by atoms with Gasteiger partial charge in [0.25, 0.3) is 0 Å². The molecule has 5 rings (SSSR count). The number of hydrogen-bond acceptors (Lipinski definition) is 9. The molecule has 0 radical (unpaired) electrons. The van der Waals surface area contributed by atoms with Gasteiger partial charge in [-0.25, -0.2) is 14.4 Å². The first kappa shape index (κ1) is 57.8. The van der Waals surface area contributed by atoms with Crippen LogP contribution in [0.1, 0.15) is 133 Å². The lowest BCUT2D eigenvalue weighted by atomic mass is 9.84. The summed E-state index contributed by atoms with van der Waals surface area (Å²) >= 11 is 0. The fourth-order valence-electron chi connectivity index (χ4n) is 9.75. The van der Waals surface area contributed by atoms with E-state index >= 15 is 0 Å². The molecule has 3 N–H and O–H groups in total. The van der Waals surface area contributed by atoms with E-state index in [1.165, 1.54) is 4.90 Å². The van der Waals surface area contributed by atoms with Gasteiger partial charge in [0.1, 0.15) is 17.8 Å². The summed E-state index contributed by atoms with van der Waals surface area (Å²) < 4.78 is 94.2. The molecule has 0 bridgehead atoms. The van der Waals surface area contributed by atoms with Gasteiger partial charge < -0.3 is 44.9 Å². The summed E-state index contributed by atoms with van der Waals surface area (Å²) in [5, 5.41) is 7.60. The molecule has 1 aromatic rings. The van der Waals surface area contributed by atoms with Crippen molar-refractivity contribution in [1.29, 1.82) is 0 Å². The Bertz CT molecular complexity index is 1960. The average molecular weight is 1000 g/mol. The van der Waals surface area contributed by atoms with Gasteiger partial charge in [-0.2, -0.15) is 26.3 Å². The Labute approximate surface area is 409 Å². The number of carbonyl (C=O) groups is 5. The third kappa shape index (κ3) is 18.1. The second-order valence-corrected chi connectivity index (χ2v) is 22.3. The van der Waals surface area contributed by atoms with Crippen LogP contribution in [-0.2, 0) is 30.4 Å². The van der Waals surface area contributed by atoms with Gasteiger partial charge in [-0.05, 0) is 169 Å². The van der Waals surface area contributed by atoms with Crippen LogP contribution in [0.3, 0.4) is 0 Å². The summed E-state index contributed by atoms with van der Waals surface area (Å²) in [6.07, 6.45) is -4.40. The van der Waals surface area contributed by atoms with Crippen LogP contribution in [-0.4, -0.2) is 131 Å². The number of nitrogens with zero attached hydrogens (tertiary/aromatic N) is 3. The van der Waals surface area contributed by atoms with Crippen molar-refractivity contribution >= 4 is 30.1 Å². The van der Waals surface area contributed by atoms with E-state index in [9.17, 15) is 50.3 Å². The number of ether oxygens (including phenoxy) is 3. The molecule has 4 aliphatic rings. The molecule has 0 spiro atoms. The minimum atomic E-state index is -5.01. The topological polar surface area (TPSA) is 159 Å². The molecular weight excluding hydrogens is 927 g/mol. The Morgan fingerprint density at radius 3 is 1.66 bits per heavy atom. The highest BCUT2D eigenvalue weighted by atomic mass is 19.4. The summed E-state index contributed by atoms with van der Waals surface area (Å²) in [6, 6.07) is 7.88. The lowest BCUT2D eigenvalue weighted by Gasteiger charge is -2.33. The first-order valence-electron chi connectivity index (χ1n) is 24.4. The zero-order chi connectivity index (χ0) is 52.5. The molecule has 2 unspecified atom stereocenters. The quantitative estimate of drug-likeness (QED) is 0.105. The molecule has 20 heteroatoms. The van der Waals surface area contributed by atoms with E-state index in [-0.39, 0.29) is 55.5 Å². The maximum absolute atomic E-state index is 13.1. The van der Waals surface area contributed by atoms with Crippen molar-refractivity contribution in [3.63, 3.8) is 0 Å². The van der Waals surface area contributed by atoms with Crippen molar-refractivity contribution in [2.75, 3.05) is 39.3 Å². The van der Waals surface area contributed by atoms with E-state index < -0.39 is 65.2 Å². The second-order valence-electron chi connectivity index (χ2n) is 22.3. The number of amides is 5. The molecule has 3 saturated heterocycles. The summed E-state index contributed by atoms with van der Waals surface area (Å²) in [7, 11) is 0. The van der Waals surface area contributed by atoms with Gasteiger partial charge in [-0.3, -0.25) is 9.59 Å². The molecule has 0 aliphatic carbocycles. The van der Waals surface area contributed by atoms with Gasteiger partial charge in [0.05, 0.1) is 6.04 Å². The molecule has 14 nitrogen and oxygen atoms in total. The molecule has 3 fully saturated rings. The van der Waals surface area contributed by atoms with E-state index in [4.69, 9.17) is 14.2 Å². The maximum Gasteiger partial charge on any atom is 0.471 e. The van der Waals surface area contributed by atoms with E-state index in [0.717, 1.165) is 37.9 Å². The Balaban J connectivity index is 0.000000318. The minimum absolute atomic E-state index is 0.0222. The third-order valence-corrected chi connectivity index (χ3v) is 13.1. The van der Waals surface area contributed by atoms with Crippen LogP contribution in [0.4, 0.5) is 40.7 Å². The van der Waals surface area contributed by atoms with E-state index in [0.29, 0.717) is 50.8 Å². The van der Waals surface area contributed by atoms with Gasteiger partial charge in [0, 0.05) is 43.3 Å². The van der Waals surface area contributed by atoms with Crippen LogP contribution in [0.5, 0.6) is 0 Å². The first-order chi connectivity index (χ1) is 32.2. The molecule has 4 atom stereocenters. The molecule has 70 heavy (non-hydrogen) atoms. The third-order valence-electron chi connectivity index (χ3n) is 13.1. The van der Waals surface area contributed by atoms with Crippen LogP contribution in [0, 0.1) is 17.8 Å². The second kappa shape index (κ2) is 23.7. The van der Waals surface area contributed by atoms with Crippen LogP contribution >= 0.6 is 0 Å². The van der Waals surface area contributed by atoms with Gasteiger partial charge in [0.15, 0.2) is 0 Å². The minimum Gasteiger partial charge on any atom is -0.445 e. The van der Waals surface area contributed by atoms with Crippen LogP contribution in [0.2, 0.25) is 0 Å². The molecular formula is C50H76F6N6O8. The molecule has 4 aliphatic heterocycles. The molecule has 0 saturated carbocycles. The Morgan fingerprint density at radius 1 is 0.714 bits per heavy atom. The molecule has 5 amide bonds. The molecule has 1 aromatic carbocycles. The van der Waals surface area contributed by atoms with E-state index in [2.05, 4.69) is 16.0 Å². The van der Waals surface area contributed by atoms with Gasteiger partial charge in [-0.1, -0.05) is 36.4 Å². The number of piperidine rings is 1. The summed E-state index contributed by atoms with van der Waals surface area (Å²) in [6.45, 7) is 21.6. The number of hydrogen-bond donors (Lipinski definition) is 3. The normalized spacial score (nSPS) is 21.7. The van der Waals surface area contributed by atoms with Crippen LogP contribution in [0.25, 0.3) is 0 Å². The zero-order valence-corrected chi connectivity index (χ0v) is 42.5. The maximum atomic E-state index is 13.1. The SMILES string of the molecule is CC(C)(C)OC(=O)N1C[C@@H](CCC(NC(=O)C(F)(F)F)C2=CCN(C(=O)OCc3ccccc3)CC2)CC1(C)C.CC(C)(C)OC(=O)N1C[C@@H](CCC(NC(=O)C(F)(F)F)C2CCNCC2)CC1(C)C. The summed E-state index contributed by atoms with van der Waals surface area (Å²) in [4.78, 5) is 66.1. The summed E-state index contributed by atoms with van der Waals surface area (Å²) in [5.41, 5.74) is -0.597. The molecule has 396 valence electrons. The number of likely N-dealkylation sites (tertiary alicyclic amines) is 2. The van der Waals surface area contributed by atoms with Crippen molar-refractivity contribution in [2.24, 2.45) is 17.8 Å². The van der Waals surface area contributed by atoms with Gasteiger partial charge >= 0.3 is 42.4 Å². The van der Waals surface area contributed by atoms with Crippen molar-refractivity contribution in [3.8, 4) is 0 Å². The number of halogens is 6. The predicted molar refractivity (Wildman–Crippen MR) is 251 cm³/mol. The van der Waals surface area contributed by atoms with Crippen LogP contribution < -0.4 is 16.0 Å². The number of nitrogens with one attached hydrogen (secondary N) is 3. The lowest BCUT2D eigenvalue weighted by molar-refractivity contribution is -0.174. The van der Waals surface area contributed by atoms with Crippen molar-refractivity contribution < 1.29 is 64.5 Å². The lowest BCUT2D eigenvalue weighted by Crippen LogP contribution is -2.48. The zero-order valence-electron chi connectivity index (χ0n) is 42.5. The van der Waals surface area contributed by atoms with Gasteiger partial charge in [0.2, 0.25) is 0 Å². The Kier molecular flexibility index (Phi) is 19.5. The largest absolute Gasteiger partial charge is 0.471 e. The van der Waals surface area contributed by atoms with Crippen molar-refractivity contribution in [1.82, 2.24) is 30.7 Å². The fraction of sp³-hybridized carbons (Fsp3) is 0.740. The summed E-state index contributed by atoms with van der Waals surface area (Å²) in [5.74, 6) is -3.66. The first-order valence-corrected chi connectivity index (χ1v) is 24.4. The average Bonchev–Trinajstić information content (AvgIpc) is 3.74. The predicted octanol–water partition coefficient (Wildman–Crippen LogP) is 9.67. The number of alkyl halides is 6. The highest BCUT2D eigenvalue weighted by Crippen LogP contribution is 2.39. The van der Waals surface area contributed by atoms with E-state index in [1.807, 2.05) is 78.8 Å². The van der Waals surface area contributed by atoms with E-state index in [1.54, 1.807) is 36.6 Å². The van der Waals surface area contributed by atoms with Gasteiger partial charge in [-0.15, -0.1) is 0 Å². The molecule has 4 heterocycles. The number of benzene rings is 1. The highest BCUT2D eigenvalue weighted by molar-refractivity contribution is 5.82.